The van der Waals surface area contributed by atoms with Gasteiger partial charge >= 0.3 is 6.18 Å². The van der Waals surface area contributed by atoms with Gasteiger partial charge in [-0.2, -0.15) is 13.2 Å². The lowest BCUT2D eigenvalue weighted by atomic mass is 10.1. The predicted molar refractivity (Wildman–Crippen MR) is 99.8 cm³/mol. The Bertz CT molecular complexity index is 1090. The van der Waals surface area contributed by atoms with E-state index >= 15 is 0 Å². The summed E-state index contributed by atoms with van der Waals surface area (Å²) in [7, 11) is 1.21. The minimum atomic E-state index is -4.49. The highest BCUT2D eigenvalue weighted by molar-refractivity contribution is 6.29. The summed E-state index contributed by atoms with van der Waals surface area (Å²) in [5.74, 6) is 6.28. The van der Waals surface area contributed by atoms with Gasteiger partial charge in [0, 0.05) is 17.8 Å². The Balaban J connectivity index is 2.04. The molecule has 0 radical (unpaired) electrons. The molecular formula is C20H15ClF3N3O. The predicted octanol–water partition coefficient (Wildman–Crippen LogP) is 4.96. The van der Waals surface area contributed by atoms with Crippen LogP contribution in [0.25, 0.3) is 5.69 Å². The third-order valence-corrected chi connectivity index (χ3v) is 4.28. The summed E-state index contributed by atoms with van der Waals surface area (Å²) < 4.78 is 45.9. The van der Waals surface area contributed by atoms with Crippen LogP contribution in [0.1, 0.15) is 28.3 Å². The third-order valence-electron chi connectivity index (χ3n) is 4.08. The second-order valence-electron chi connectivity index (χ2n) is 5.93. The van der Waals surface area contributed by atoms with Crippen LogP contribution < -0.4 is 4.74 Å². The van der Waals surface area contributed by atoms with Crippen LogP contribution in [0.3, 0.4) is 0 Å². The van der Waals surface area contributed by atoms with Gasteiger partial charge in [-0.05, 0) is 44.0 Å². The highest BCUT2D eigenvalue weighted by Gasteiger charge is 2.34. The van der Waals surface area contributed by atoms with Gasteiger partial charge in [-0.15, -0.1) is 0 Å². The Kier molecular flexibility index (Phi) is 5.34. The largest absolute Gasteiger partial charge is 0.496 e. The maximum atomic E-state index is 13.1. The first-order valence-electron chi connectivity index (χ1n) is 8.16. The fraction of sp³-hybridized carbons (Fsp3) is 0.200. The van der Waals surface area contributed by atoms with Crippen LogP contribution in [0.2, 0.25) is 5.15 Å². The molecule has 3 aromatic rings. The van der Waals surface area contributed by atoms with Gasteiger partial charge in [0.25, 0.3) is 0 Å². The standard InChI is InChI=1S/C20H15ClF3N3O/c1-12-17(7-4-14-8-9-25-19(21)10-14)26-13(2)27(12)15-5-6-16(20(22,23)24)18(11-15)28-3/h5-6,8-11H,1-3H3. The van der Waals surface area contributed by atoms with Crippen LogP contribution in [-0.2, 0) is 6.18 Å². The fourth-order valence-corrected chi connectivity index (χ4v) is 2.98. The van der Waals surface area contributed by atoms with Gasteiger partial charge in [0.05, 0.1) is 24.1 Å². The fourth-order valence-electron chi connectivity index (χ4n) is 2.80. The molecule has 28 heavy (non-hydrogen) atoms. The number of hydrogen-bond donors (Lipinski definition) is 0. The third kappa shape index (κ3) is 3.97. The van der Waals surface area contributed by atoms with Gasteiger partial charge in [-0.3, -0.25) is 4.57 Å². The molecule has 0 aliphatic carbocycles. The van der Waals surface area contributed by atoms with Crippen molar-refractivity contribution < 1.29 is 17.9 Å². The Labute approximate surface area is 165 Å². The van der Waals surface area contributed by atoms with E-state index in [0.29, 0.717) is 33.6 Å². The topological polar surface area (TPSA) is 39.9 Å². The second kappa shape index (κ2) is 7.56. The quantitative estimate of drug-likeness (QED) is 0.446. The summed E-state index contributed by atoms with van der Waals surface area (Å²) in [6.07, 6.45) is -2.94. The molecule has 0 N–H and O–H groups in total. The van der Waals surface area contributed by atoms with Gasteiger partial charge in [0.2, 0.25) is 0 Å². The summed E-state index contributed by atoms with van der Waals surface area (Å²) >= 11 is 5.85. The molecule has 0 spiro atoms. The smallest absolute Gasteiger partial charge is 0.419 e. The Morgan fingerprint density at radius 2 is 1.86 bits per heavy atom. The number of rotatable bonds is 2. The van der Waals surface area contributed by atoms with E-state index in [4.69, 9.17) is 16.3 Å². The zero-order valence-electron chi connectivity index (χ0n) is 15.2. The Hall–Kier alpha value is -2.98. The maximum Gasteiger partial charge on any atom is 0.419 e. The molecule has 0 unspecified atom stereocenters. The molecule has 2 aromatic heterocycles. The molecule has 8 heteroatoms. The first-order chi connectivity index (χ1) is 13.2. The molecule has 0 atom stereocenters. The monoisotopic (exact) mass is 405 g/mol. The van der Waals surface area contributed by atoms with E-state index in [1.807, 2.05) is 0 Å². The van der Waals surface area contributed by atoms with Gasteiger partial charge in [0.1, 0.15) is 22.4 Å². The zero-order chi connectivity index (χ0) is 20.5. The molecule has 0 aliphatic rings. The number of halogens is 4. The summed E-state index contributed by atoms with van der Waals surface area (Å²) in [6, 6.07) is 7.07. The minimum absolute atomic E-state index is 0.253. The van der Waals surface area contributed by atoms with Crippen molar-refractivity contribution in [2.75, 3.05) is 7.11 Å². The van der Waals surface area contributed by atoms with Crippen molar-refractivity contribution in [1.82, 2.24) is 14.5 Å². The highest BCUT2D eigenvalue weighted by atomic mass is 35.5. The number of benzene rings is 1. The average Bonchev–Trinajstić information content (AvgIpc) is 2.92. The van der Waals surface area contributed by atoms with E-state index < -0.39 is 11.7 Å². The van der Waals surface area contributed by atoms with E-state index in [1.54, 1.807) is 36.7 Å². The maximum absolute atomic E-state index is 13.1. The molecule has 2 heterocycles. The first-order valence-corrected chi connectivity index (χ1v) is 8.53. The molecule has 4 nitrogen and oxygen atoms in total. The Morgan fingerprint density at radius 3 is 2.50 bits per heavy atom. The number of pyridine rings is 1. The number of nitrogens with zero attached hydrogens (tertiary/aromatic N) is 3. The van der Waals surface area contributed by atoms with Gasteiger partial charge in [-0.25, -0.2) is 9.97 Å². The van der Waals surface area contributed by atoms with Crippen molar-refractivity contribution >= 4 is 11.6 Å². The average molecular weight is 406 g/mol. The lowest BCUT2D eigenvalue weighted by Crippen LogP contribution is -2.09. The van der Waals surface area contributed by atoms with Gasteiger partial charge < -0.3 is 4.74 Å². The SMILES string of the molecule is COc1cc(-n2c(C)nc(C#Cc3ccnc(Cl)c3)c2C)ccc1C(F)(F)F. The number of imidazole rings is 1. The number of methoxy groups -OCH3 is 1. The number of aromatic nitrogens is 3. The molecule has 0 bridgehead atoms. The van der Waals surface area contributed by atoms with E-state index in [1.165, 1.54) is 19.2 Å². The molecule has 0 fully saturated rings. The van der Waals surface area contributed by atoms with E-state index in [9.17, 15) is 13.2 Å². The van der Waals surface area contributed by atoms with Crippen molar-refractivity contribution in [3.63, 3.8) is 0 Å². The first kappa shape index (κ1) is 19.8. The van der Waals surface area contributed by atoms with Crippen LogP contribution in [0.4, 0.5) is 13.2 Å². The van der Waals surface area contributed by atoms with Crippen molar-refractivity contribution in [2.45, 2.75) is 20.0 Å². The van der Waals surface area contributed by atoms with Gasteiger partial charge in [-0.1, -0.05) is 17.5 Å². The molecule has 3 rings (SSSR count). The second-order valence-corrected chi connectivity index (χ2v) is 6.32. The van der Waals surface area contributed by atoms with Crippen molar-refractivity contribution in [3.8, 4) is 23.3 Å². The van der Waals surface area contributed by atoms with Crippen molar-refractivity contribution in [3.05, 3.63) is 70.0 Å². The lowest BCUT2D eigenvalue weighted by molar-refractivity contribution is -0.138. The minimum Gasteiger partial charge on any atom is -0.496 e. The summed E-state index contributed by atoms with van der Waals surface area (Å²) in [4.78, 5) is 8.33. The van der Waals surface area contributed by atoms with E-state index in [-0.39, 0.29) is 5.75 Å². The van der Waals surface area contributed by atoms with Crippen LogP contribution in [0.15, 0.2) is 36.5 Å². The molecule has 144 valence electrons. The molecule has 0 aliphatic heterocycles. The van der Waals surface area contributed by atoms with Crippen molar-refractivity contribution in [2.24, 2.45) is 0 Å². The summed E-state index contributed by atoms with van der Waals surface area (Å²) in [5, 5.41) is 0.335. The molecule has 0 amide bonds. The lowest BCUT2D eigenvalue weighted by Gasteiger charge is -2.15. The highest BCUT2D eigenvalue weighted by Crippen LogP contribution is 2.37. The Morgan fingerprint density at radius 1 is 1.11 bits per heavy atom. The van der Waals surface area contributed by atoms with Crippen LogP contribution in [-0.4, -0.2) is 21.6 Å². The zero-order valence-corrected chi connectivity index (χ0v) is 16.0. The van der Waals surface area contributed by atoms with Gasteiger partial charge in [0.15, 0.2) is 0 Å². The van der Waals surface area contributed by atoms with Crippen LogP contribution in [0, 0.1) is 25.7 Å². The van der Waals surface area contributed by atoms with Crippen LogP contribution in [0.5, 0.6) is 5.75 Å². The van der Waals surface area contributed by atoms with E-state index in [2.05, 4.69) is 21.8 Å². The molecule has 0 saturated heterocycles. The number of aryl methyl sites for hydroxylation is 1. The molecular weight excluding hydrogens is 391 g/mol. The van der Waals surface area contributed by atoms with E-state index in [0.717, 1.165) is 6.07 Å². The molecule has 1 aromatic carbocycles. The number of hydrogen-bond acceptors (Lipinski definition) is 3. The number of ether oxygens (including phenoxy) is 1. The summed E-state index contributed by atoms with van der Waals surface area (Å²) in [6.45, 7) is 3.55. The van der Waals surface area contributed by atoms with Crippen molar-refractivity contribution in [1.29, 1.82) is 0 Å². The van der Waals surface area contributed by atoms with Crippen LogP contribution >= 0.6 is 11.6 Å². The number of alkyl halides is 3. The summed E-state index contributed by atoms with van der Waals surface area (Å²) in [5.41, 5.74) is 1.58. The normalized spacial score (nSPS) is 11.1. The molecule has 0 saturated carbocycles.